The first-order chi connectivity index (χ1) is 10.6. The van der Waals surface area contributed by atoms with Crippen molar-refractivity contribution >= 4 is 35.0 Å². The van der Waals surface area contributed by atoms with Crippen LogP contribution in [0.5, 0.6) is 5.75 Å². The lowest BCUT2D eigenvalue weighted by atomic mass is 10.2. The van der Waals surface area contributed by atoms with E-state index in [4.69, 9.17) is 16.3 Å². The molecule has 0 aliphatic rings. The van der Waals surface area contributed by atoms with Crippen LogP contribution in [-0.2, 0) is 10.5 Å². The van der Waals surface area contributed by atoms with Gasteiger partial charge in [0.1, 0.15) is 11.6 Å². The van der Waals surface area contributed by atoms with E-state index in [1.807, 2.05) is 0 Å². The van der Waals surface area contributed by atoms with Crippen LogP contribution < -0.4 is 10.1 Å². The van der Waals surface area contributed by atoms with Crippen molar-refractivity contribution in [1.29, 1.82) is 0 Å². The van der Waals surface area contributed by atoms with Gasteiger partial charge in [-0.2, -0.15) is 0 Å². The number of benzene rings is 2. The van der Waals surface area contributed by atoms with Crippen LogP contribution >= 0.6 is 23.4 Å². The van der Waals surface area contributed by atoms with Gasteiger partial charge in [0.25, 0.3) is 0 Å². The molecule has 22 heavy (non-hydrogen) atoms. The summed E-state index contributed by atoms with van der Waals surface area (Å²) in [6.45, 7) is 0. The number of ether oxygens (including phenoxy) is 1. The molecule has 0 spiro atoms. The van der Waals surface area contributed by atoms with Crippen molar-refractivity contribution in [3.05, 3.63) is 58.9 Å². The zero-order valence-electron chi connectivity index (χ0n) is 11.9. The maximum atomic E-state index is 13.4. The number of carbonyl (C=O) groups excluding carboxylic acids is 1. The van der Waals surface area contributed by atoms with Gasteiger partial charge in [-0.25, -0.2) is 4.39 Å². The average Bonchev–Trinajstić information content (AvgIpc) is 2.49. The fourth-order valence-corrected chi connectivity index (χ4v) is 2.88. The Bertz CT molecular complexity index is 666. The third kappa shape index (κ3) is 4.64. The van der Waals surface area contributed by atoms with E-state index >= 15 is 0 Å². The van der Waals surface area contributed by atoms with Gasteiger partial charge < -0.3 is 10.1 Å². The smallest absolute Gasteiger partial charge is 0.234 e. The van der Waals surface area contributed by atoms with Crippen LogP contribution in [-0.4, -0.2) is 18.8 Å². The van der Waals surface area contributed by atoms with E-state index in [2.05, 4.69) is 5.32 Å². The molecule has 2 rings (SSSR count). The number of halogens is 2. The molecule has 0 radical (unpaired) electrons. The molecule has 116 valence electrons. The molecule has 0 fully saturated rings. The number of anilines is 1. The molecule has 2 aromatic carbocycles. The summed E-state index contributed by atoms with van der Waals surface area (Å²) in [5.74, 6) is 0.815. The molecule has 2 aromatic rings. The Morgan fingerprint density at radius 1 is 1.32 bits per heavy atom. The SMILES string of the molecule is COc1ccc(NC(=O)CSCc2ccccc2F)cc1Cl. The molecular formula is C16H15ClFNO2S. The van der Waals surface area contributed by atoms with Crippen molar-refractivity contribution < 1.29 is 13.9 Å². The summed E-state index contributed by atoms with van der Waals surface area (Å²) in [4.78, 5) is 11.9. The quantitative estimate of drug-likeness (QED) is 0.849. The van der Waals surface area contributed by atoms with Crippen molar-refractivity contribution in [3.8, 4) is 5.75 Å². The molecule has 0 saturated heterocycles. The highest BCUT2D eigenvalue weighted by atomic mass is 35.5. The van der Waals surface area contributed by atoms with Crippen LogP contribution in [0.2, 0.25) is 5.02 Å². The second kappa shape index (κ2) is 8.06. The fourth-order valence-electron chi connectivity index (χ4n) is 1.81. The standard InChI is InChI=1S/C16H15ClFNO2S/c1-21-15-7-6-12(8-13(15)17)19-16(20)10-22-9-11-4-2-3-5-14(11)18/h2-8H,9-10H2,1H3,(H,19,20). The van der Waals surface area contributed by atoms with Gasteiger partial charge in [0.15, 0.2) is 0 Å². The number of hydrogen-bond acceptors (Lipinski definition) is 3. The van der Waals surface area contributed by atoms with Gasteiger partial charge in [-0.1, -0.05) is 29.8 Å². The molecule has 0 aliphatic carbocycles. The molecule has 0 atom stereocenters. The van der Waals surface area contributed by atoms with Crippen molar-refractivity contribution in [3.63, 3.8) is 0 Å². The minimum atomic E-state index is -0.252. The number of amides is 1. The van der Waals surface area contributed by atoms with E-state index in [0.29, 0.717) is 27.8 Å². The molecule has 1 amide bonds. The Balaban J connectivity index is 1.83. The molecule has 0 aliphatic heterocycles. The van der Waals surface area contributed by atoms with E-state index in [0.717, 1.165) is 0 Å². The summed E-state index contributed by atoms with van der Waals surface area (Å²) in [7, 11) is 1.53. The van der Waals surface area contributed by atoms with Crippen LogP contribution in [0.3, 0.4) is 0 Å². The second-order valence-corrected chi connectivity index (χ2v) is 5.87. The summed E-state index contributed by atoms with van der Waals surface area (Å²) in [6, 6.07) is 11.6. The zero-order valence-corrected chi connectivity index (χ0v) is 13.5. The normalized spacial score (nSPS) is 10.3. The van der Waals surface area contributed by atoms with Crippen LogP contribution in [0.1, 0.15) is 5.56 Å². The minimum absolute atomic E-state index is 0.164. The summed E-state index contributed by atoms with van der Waals surface area (Å²) >= 11 is 7.34. The van der Waals surface area contributed by atoms with Crippen molar-refractivity contribution in [1.82, 2.24) is 0 Å². The number of hydrogen-bond donors (Lipinski definition) is 1. The molecule has 0 saturated carbocycles. The van der Waals surface area contributed by atoms with E-state index in [9.17, 15) is 9.18 Å². The number of nitrogens with one attached hydrogen (secondary N) is 1. The summed E-state index contributed by atoms with van der Waals surface area (Å²) < 4.78 is 18.5. The lowest BCUT2D eigenvalue weighted by Gasteiger charge is -2.08. The maximum Gasteiger partial charge on any atom is 0.234 e. The zero-order chi connectivity index (χ0) is 15.9. The van der Waals surface area contributed by atoms with Gasteiger partial charge in [0, 0.05) is 11.4 Å². The summed E-state index contributed by atoms with van der Waals surface area (Å²) in [5.41, 5.74) is 1.19. The Labute approximate surface area is 137 Å². The average molecular weight is 340 g/mol. The van der Waals surface area contributed by atoms with E-state index in [-0.39, 0.29) is 17.5 Å². The van der Waals surface area contributed by atoms with Crippen LogP contribution in [0.4, 0.5) is 10.1 Å². The highest BCUT2D eigenvalue weighted by molar-refractivity contribution is 7.99. The van der Waals surface area contributed by atoms with Gasteiger partial charge in [-0.3, -0.25) is 4.79 Å². The number of thioether (sulfide) groups is 1. The molecule has 0 unspecified atom stereocenters. The van der Waals surface area contributed by atoms with Crippen molar-refractivity contribution in [2.45, 2.75) is 5.75 Å². The maximum absolute atomic E-state index is 13.4. The Hall–Kier alpha value is -1.72. The highest BCUT2D eigenvalue weighted by Gasteiger charge is 2.07. The summed E-state index contributed by atoms with van der Waals surface area (Å²) in [6.07, 6.45) is 0. The lowest BCUT2D eigenvalue weighted by molar-refractivity contribution is -0.113. The van der Waals surface area contributed by atoms with Crippen molar-refractivity contribution in [2.75, 3.05) is 18.2 Å². The van der Waals surface area contributed by atoms with Crippen LogP contribution in [0.25, 0.3) is 0 Å². The van der Waals surface area contributed by atoms with Crippen molar-refractivity contribution in [2.24, 2.45) is 0 Å². The van der Waals surface area contributed by atoms with Gasteiger partial charge in [0.2, 0.25) is 5.91 Å². The Kier molecular flexibility index (Phi) is 6.10. The van der Waals surface area contributed by atoms with E-state index in [1.165, 1.54) is 24.9 Å². The first-order valence-electron chi connectivity index (χ1n) is 6.54. The second-order valence-electron chi connectivity index (χ2n) is 4.48. The van der Waals surface area contributed by atoms with Gasteiger partial charge in [-0.15, -0.1) is 11.8 Å². The molecule has 0 bridgehead atoms. The molecule has 6 heteroatoms. The molecule has 3 nitrogen and oxygen atoms in total. The van der Waals surface area contributed by atoms with Crippen LogP contribution in [0.15, 0.2) is 42.5 Å². The predicted octanol–water partition coefficient (Wildman–Crippen LogP) is 4.36. The van der Waals surface area contributed by atoms with Gasteiger partial charge in [-0.05, 0) is 29.8 Å². The van der Waals surface area contributed by atoms with Gasteiger partial charge in [0.05, 0.1) is 17.9 Å². The Morgan fingerprint density at radius 3 is 2.77 bits per heavy atom. The summed E-state index contributed by atoms with van der Waals surface area (Å²) in [5, 5.41) is 3.17. The Morgan fingerprint density at radius 2 is 2.09 bits per heavy atom. The predicted molar refractivity (Wildman–Crippen MR) is 89.2 cm³/mol. The molecule has 1 N–H and O–H groups in total. The third-order valence-electron chi connectivity index (χ3n) is 2.88. The van der Waals surface area contributed by atoms with Gasteiger partial charge >= 0.3 is 0 Å². The molecular weight excluding hydrogens is 325 g/mol. The first kappa shape index (κ1) is 16.6. The largest absolute Gasteiger partial charge is 0.495 e. The highest BCUT2D eigenvalue weighted by Crippen LogP contribution is 2.27. The molecule has 0 aromatic heterocycles. The molecule has 0 heterocycles. The van der Waals surface area contributed by atoms with Crippen LogP contribution in [0, 0.1) is 5.82 Å². The number of methoxy groups -OCH3 is 1. The topological polar surface area (TPSA) is 38.3 Å². The number of rotatable bonds is 6. The van der Waals surface area contributed by atoms with E-state index < -0.39 is 0 Å². The number of carbonyl (C=O) groups is 1. The monoisotopic (exact) mass is 339 g/mol. The van der Waals surface area contributed by atoms with E-state index in [1.54, 1.807) is 36.4 Å². The first-order valence-corrected chi connectivity index (χ1v) is 8.08. The third-order valence-corrected chi connectivity index (χ3v) is 4.16. The lowest BCUT2D eigenvalue weighted by Crippen LogP contribution is -2.14. The fraction of sp³-hybridized carbons (Fsp3) is 0.188. The minimum Gasteiger partial charge on any atom is -0.495 e.